The van der Waals surface area contributed by atoms with Gasteiger partial charge in [-0.05, 0) is 6.42 Å². The van der Waals surface area contributed by atoms with Crippen LogP contribution in [0, 0.1) is 5.41 Å². The zero-order valence-electron chi connectivity index (χ0n) is 12.6. The molecule has 0 heterocycles. The predicted molar refractivity (Wildman–Crippen MR) is 78.1 cm³/mol. The van der Waals surface area contributed by atoms with Gasteiger partial charge < -0.3 is 10.8 Å². The highest BCUT2D eigenvalue weighted by molar-refractivity contribution is 5.76. The normalized spacial score (nSPS) is 13.2. The lowest BCUT2D eigenvalue weighted by Crippen LogP contribution is -2.59. The van der Waals surface area contributed by atoms with E-state index in [4.69, 9.17) is 11.1 Å². The van der Waals surface area contributed by atoms with Gasteiger partial charge in [0.05, 0.1) is 14.1 Å². The molecule has 112 valence electrons. The molecule has 4 N–H and O–H groups in total. The molecule has 5 heteroatoms. The van der Waals surface area contributed by atoms with Crippen molar-refractivity contribution in [3.05, 3.63) is 0 Å². The molecule has 0 amide bonds. The maximum Gasteiger partial charge on any atom is 0.363 e. The first kappa shape index (κ1) is 17.9. The fourth-order valence-corrected chi connectivity index (χ4v) is 2.19. The fraction of sp³-hybridized carbons (Fsp3) is 0.857. The zero-order chi connectivity index (χ0) is 14.9. The van der Waals surface area contributed by atoms with E-state index in [1.807, 2.05) is 0 Å². The Morgan fingerprint density at radius 2 is 1.63 bits per heavy atom. The first-order valence-electron chi connectivity index (χ1n) is 7.25. The van der Waals surface area contributed by atoms with Gasteiger partial charge >= 0.3 is 5.97 Å². The van der Waals surface area contributed by atoms with Crippen molar-refractivity contribution in [2.45, 2.75) is 64.3 Å². The van der Waals surface area contributed by atoms with Crippen LogP contribution in [0.5, 0.6) is 0 Å². The summed E-state index contributed by atoms with van der Waals surface area (Å²) < 4.78 is -0.0643. The van der Waals surface area contributed by atoms with Crippen molar-refractivity contribution < 1.29 is 14.4 Å². The van der Waals surface area contributed by atoms with Crippen molar-refractivity contribution in [2.24, 2.45) is 5.73 Å². The molecule has 0 saturated carbocycles. The number of aliphatic carboxylic acids is 1. The highest BCUT2D eigenvalue weighted by Gasteiger charge is 2.37. The van der Waals surface area contributed by atoms with Gasteiger partial charge in [-0.1, -0.05) is 45.4 Å². The van der Waals surface area contributed by atoms with E-state index in [0.717, 1.165) is 12.8 Å². The van der Waals surface area contributed by atoms with E-state index < -0.39 is 12.0 Å². The molecule has 5 nitrogen and oxygen atoms in total. The third kappa shape index (κ3) is 6.57. The van der Waals surface area contributed by atoms with Crippen molar-refractivity contribution in [1.29, 1.82) is 5.41 Å². The van der Waals surface area contributed by atoms with Crippen LogP contribution in [0.4, 0.5) is 0 Å². The molecule has 19 heavy (non-hydrogen) atoms. The van der Waals surface area contributed by atoms with Gasteiger partial charge in [-0.2, -0.15) is 0 Å². The average molecular weight is 272 g/mol. The second kappa shape index (κ2) is 8.91. The highest BCUT2D eigenvalue weighted by atomic mass is 16.4. The number of nitrogens with one attached hydrogen (secondary N) is 1. The summed E-state index contributed by atoms with van der Waals surface area (Å²) in [6, 6.07) is -0.617. The van der Waals surface area contributed by atoms with Crippen molar-refractivity contribution in [2.75, 3.05) is 14.1 Å². The molecule has 0 aliphatic heterocycles. The topological polar surface area (TPSA) is 87.2 Å². The molecule has 0 fully saturated rings. The number of rotatable bonds is 10. The molecule has 0 aromatic carbocycles. The third-order valence-corrected chi connectivity index (χ3v) is 3.77. The van der Waals surface area contributed by atoms with Gasteiger partial charge in [0.25, 0.3) is 5.96 Å². The lowest BCUT2D eigenvalue weighted by Gasteiger charge is -2.32. The van der Waals surface area contributed by atoms with Gasteiger partial charge in [0.2, 0.25) is 0 Å². The molecule has 0 rings (SSSR count). The molecule has 0 aliphatic carbocycles. The van der Waals surface area contributed by atoms with E-state index in [0.29, 0.717) is 6.42 Å². The fourth-order valence-electron chi connectivity index (χ4n) is 2.19. The van der Waals surface area contributed by atoms with Crippen LogP contribution in [0.15, 0.2) is 0 Å². The number of carbonyl (C=O) groups is 1. The minimum Gasteiger partial charge on any atom is -0.477 e. The molecule has 0 saturated heterocycles. The maximum atomic E-state index is 11.3. The number of hydrogen-bond donors (Lipinski definition) is 3. The molecule has 1 unspecified atom stereocenters. The Morgan fingerprint density at radius 1 is 1.16 bits per heavy atom. The van der Waals surface area contributed by atoms with Crippen LogP contribution in [0.1, 0.15) is 58.3 Å². The number of guanidine groups is 1. The van der Waals surface area contributed by atoms with Gasteiger partial charge in [-0.3, -0.25) is 4.48 Å². The Labute approximate surface area is 116 Å². The predicted octanol–water partition coefficient (Wildman–Crippen LogP) is 2.55. The quantitative estimate of drug-likeness (QED) is 0.247. The number of carboxylic acid groups (broad SMARTS) is 1. The van der Waals surface area contributed by atoms with Crippen LogP contribution in [-0.4, -0.2) is 41.7 Å². The lowest BCUT2D eigenvalue weighted by atomic mass is 10.0. The average Bonchev–Trinajstić information content (AvgIpc) is 2.31. The molecule has 0 radical (unpaired) electrons. The summed E-state index contributed by atoms with van der Waals surface area (Å²) in [5.41, 5.74) is 5.49. The van der Waals surface area contributed by atoms with Gasteiger partial charge in [-0.15, -0.1) is 0 Å². The molecular formula is C14H30N3O2+. The standard InChI is InChI=1S/C14H29N3O2/c1-4-5-6-7-8-9-10-11-12(13(18)19)17(2,3)14(15)16/h12H,4-11H2,1-3H3,(H3-,15,16,18,19)/p+1. The molecule has 0 aromatic rings. The van der Waals surface area contributed by atoms with Crippen molar-refractivity contribution in [1.82, 2.24) is 0 Å². The molecule has 0 spiro atoms. The van der Waals surface area contributed by atoms with Gasteiger partial charge in [0.15, 0.2) is 6.04 Å². The first-order valence-corrected chi connectivity index (χ1v) is 7.25. The summed E-state index contributed by atoms with van der Waals surface area (Å²) in [6.45, 7) is 2.19. The SMILES string of the molecule is CCCCCCCCCC(C(=O)O)[N+](C)(C)C(=N)N. The van der Waals surface area contributed by atoms with E-state index in [-0.39, 0.29) is 10.4 Å². The number of nitrogens with zero attached hydrogens (tertiary/aromatic N) is 1. The van der Waals surface area contributed by atoms with Crippen LogP contribution in [0.3, 0.4) is 0 Å². The van der Waals surface area contributed by atoms with Crippen LogP contribution >= 0.6 is 0 Å². The second-order valence-electron chi connectivity index (χ2n) is 5.69. The number of quaternary nitrogens is 1. The van der Waals surface area contributed by atoms with Gasteiger partial charge in [-0.25, -0.2) is 10.2 Å². The van der Waals surface area contributed by atoms with E-state index in [9.17, 15) is 9.90 Å². The summed E-state index contributed by atoms with van der Waals surface area (Å²) in [7, 11) is 3.37. The maximum absolute atomic E-state index is 11.3. The second-order valence-corrected chi connectivity index (χ2v) is 5.69. The van der Waals surface area contributed by atoms with Crippen molar-refractivity contribution in [3.63, 3.8) is 0 Å². The Kier molecular flexibility index (Phi) is 8.39. The minimum absolute atomic E-state index is 0.0643. The van der Waals surface area contributed by atoms with Crippen molar-refractivity contribution >= 4 is 11.9 Å². The minimum atomic E-state index is -0.869. The Morgan fingerprint density at radius 3 is 2.05 bits per heavy atom. The number of hydrogen-bond acceptors (Lipinski definition) is 2. The summed E-state index contributed by atoms with van der Waals surface area (Å²) in [5.74, 6) is -0.971. The Bertz CT molecular complexity index is 290. The van der Waals surface area contributed by atoms with Gasteiger partial charge in [0, 0.05) is 6.42 Å². The first-order chi connectivity index (χ1) is 8.84. The largest absolute Gasteiger partial charge is 0.477 e. The molecule has 1 atom stereocenters. The number of unbranched alkanes of at least 4 members (excludes halogenated alkanes) is 6. The summed E-state index contributed by atoms with van der Waals surface area (Å²) in [5, 5.41) is 16.8. The molecule has 0 aromatic heterocycles. The van der Waals surface area contributed by atoms with Gasteiger partial charge in [0.1, 0.15) is 0 Å². The smallest absolute Gasteiger partial charge is 0.363 e. The van der Waals surface area contributed by atoms with Crippen molar-refractivity contribution in [3.8, 4) is 0 Å². The third-order valence-electron chi connectivity index (χ3n) is 3.77. The summed E-state index contributed by atoms with van der Waals surface area (Å²) in [6.07, 6.45) is 8.72. The molecular weight excluding hydrogens is 242 g/mol. The Hall–Kier alpha value is -1.10. The monoisotopic (exact) mass is 272 g/mol. The van der Waals surface area contributed by atoms with Crippen LogP contribution in [0.2, 0.25) is 0 Å². The number of nitrogens with two attached hydrogens (primary N) is 1. The Balaban J connectivity index is 4.04. The summed E-state index contributed by atoms with van der Waals surface area (Å²) >= 11 is 0. The number of carboxylic acids is 1. The zero-order valence-corrected chi connectivity index (χ0v) is 12.6. The van der Waals surface area contributed by atoms with Crippen LogP contribution in [-0.2, 0) is 4.79 Å². The summed E-state index contributed by atoms with van der Waals surface area (Å²) in [4.78, 5) is 11.3. The molecule has 0 bridgehead atoms. The molecule has 0 aliphatic rings. The van der Waals surface area contributed by atoms with E-state index in [2.05, 4.69) is 6.92 Å². The highest BCUT2D eigenvalue weighted by Crippen LogP contribution is 2.16. The van der Waals surface area contributed by atoms with E-state index in [1.54, 1.807) is 14.1 Å². The number of likely N-dealkylation sites (N-methyl/N-ethyl adjacent to an activating group) is 1. The van der Waals surface area contributed by atoms with E-state index >= 15 is 0 Å². The van der Waals surface area contributed by atoms with E-state index in [1.165, 1.54) is 32.1 Å². The lowest BCUT2D eigenvalue weighted by molar-refractivity contribution is -0.820. The van der Waals surface area contributed by atoms with Crippen LogP contribution < -0.4 is 5.73 Å². The van der Waals surface area contributed by atoms with Crippen LogP contribution in [0.25, 0.3) is 0 Å².